The van der Waals surface area contributed by atoms with Crippen molar-refractivity contribution in [2.24, 2.45) is 17.1 Å². The zero-order valence-electron chi connectivity index (χ0n) is 11.7. The molecular formula is C14H28N2O. The van der Waals surface area contributed by atoms with Crippen LogP contribution in [0.25, 0.3) is 0 Å². The van der Waals surface area contributed by atoms with Crippen LogP contribution in [0.1, 0.15) is 52.4 Å². The Morgan fingerprint density at radius 2 is 1.88 bits per heavy atom. The lowest BCUT2D eigenvalue weighted by molar-refractivity contribution is -0.138. The highest BCUT2D eigenvalue weighted by molar-refractivity contribution is 5.81. The molecule has 1 amide bonds. The molecule has 3 heteroatoms. The fourth-order valence-electron chi connectivity index (χ4n) is 2.56. The Bertz CT molecular complexity index is 245. The molecule has 1 saturated carbocycles. The van der Waals surface area contributed by atoms with Crippen molar-refractivity contribution in [3.05, 3.63) is 0 Å². The minimum absolute atomic E-state index is 0.177. The van der Waals surface area contributed by atoms with Gasteiger partial charge in [-0.25, -0.2) is 0 Å². The van der Waals surface area contributed by atoms with E-state index in [0.29, 0.717) is 6.54 Å². The molecule has 17 heavy (non-hydrogen) atoms. The van der Waals surface area contributed by atoms with Gasteiger partial charge in [-0.3, -0.25) is 4.79 Å². The average molecular weight is 240 g/mol. The molecule has 1 rings (SSSR count). The van der Waals surface area contributed by atoms with Crippen LogP contribution in [0.4, 0.5) is 0 Å². The standard InChI is InChI=1S/C14H28N2O/c1-14(2,11-15)13(17)16(3)10-9-12-7-5-4-6-8-12/h12H,4-11,15H2,1-3H3. The van der Waals surface area contributed by atoms with Crippen molar-refractivity contribution in [3.63, 3.8) is 0 Å². The van der Waals surface area contributed by atoms with Gasteiger partial charge in [0.2, 0.25) is 5.91 Å². The molecule has 0 aromatic carbocycles. The quantitative estimate of drug-likeness (QED) is 0.802. The third-order valence-corrected chi connectivity index (χ3v) is 4.03. The largest absolute Gasteiger partial charge is 0.345 e. The van der Waals surface area contributed by atoms with Crippen molar-refractivity contribution in [1.29, 1.82) is 0 Å². The second kappa shape index (κ2) is 6.39. The first-order valence-corrected chi connectivity index (χ1v) is 6.93. The predicted molar refractivity (Wildman–Crippen MR) is 71.7 cm³/mol. The maximum absolute atomic E-state index is 12.1. The molecule has 100 valence electrons. The molecule has 1 aliphatic rings. The second-order valence-corrected chi connectivity index (χ2v) is 6.11. The fraction of sp³-hybridized carbons (Fsp3) is 0.929. The highest BCUT2D eigenvalue weighted by Crippen LogP contribution is 2.26. The maximum Gasteiger partial charge on any atom is 0.229 e. The van der Waals surface area contributed by atoms with Crippen LogP contribution >= 0.6 is 0 Å². The van der Waals surface area contributed by atoms with Crippen molar-refractivity contribution >= 4 is 5.91 Å². The van der Waals surface area contributed by atoms with Crippen molar-refractivity contribution in [1.82, 2.24) is 4.90 Å². The van der Waals surface area contributed by atoms with Crippen LogP contribution in [0.5, 0.6) is 0 Å². The van der Waals surface area contributed by atoms with E-state index in [2.05, 4.69) is 0 Å². The third-order valence-electron chi connectivity index (χ3n) is 4.03. The summed E-state index contributed by atoms with van der Waals surface area (Å²) in [5.74, 6) is 1.01. The van der Waals surface area contributed by atoms with Gasteiger partial charge in [-0.1, -0.05) is 32.1 Å². The van der Waals surface area contributed by atoms with Gasteiger partial charge < -0.3 is 10.6 Å². The number of rotatable bonds is 5. The maximum atomic E-state index is 12.1. The lowest BCUT2D eigenvalue weighted by atomic mass is 9.86. The Morgan fingerprint density at radius 1 is 1.29 bits per heavy atom. The number of hydrogen-bond donors (Lipinski definition) is 1. The van der Waals surface area contributed by atoms with Gasteiger partial charge in [0.05, 0.1) is 5.41 Å². The topological polar surface area (TPSA) is 46.3 Å². The minimum atomic E-state index is -0.415. The Kier molecular flexibility index (Phi) is 5.44. The van der Waals surface area contributed by atoms with E-state index in [9.17, 15) is 4.79 Å². The van der Waals surface area contributed by atoms with E-state index in [1.54, 1.807) is 0 Å². The molecule has 0 radical (unpaired) electrons. The number of nitrogens with two attached hydrogens (primary N) is 1. The van der Waals surface area contributed by atoms with E-state index in [0.717, 1.165) is 18.9 Å². The fourth-order valence-corrected chi connectivity index (χ4v) is 2.56. The van der Waals surface area contributed by atoms with Gasteiger partial charge in [0, 0.05) is 20.1 Å². The molecule has 1 aliphatic carbocycles. The van der Waals surface area contributed by atoms with E-state index in [1.165, 1.54) is 32.1 Å². The molecule has 3 nitrogen and oxygen atoms in total. The predicted octanol–water partition coefficient (Wildman–Crippen LogP) is 2.40. The zero-order valence-corrected chi connectivity index (χ0v) is 11.7. The molecule has 0 atom stereocenters. The van der Waals surface area contributed by atoms with E-state index >= 15 is 0 Å². The first-order chi connectivity index (χ1) is 7.97. The van der Waals surface area contributed by atoms with Gasteiger partial charge >= 0.3 is 0 Å². The Hall–Kier alpha value is -0.570. The summed E-state index contributed by atoms with van der Waals surface area (Å²) in [6.07, 6.45) is 7.99. The summed E-state index contributed by atoms with van der Waals surface area (Å²) in [6.45, 7) is 5.14. The summed E-state index contributed by atoms with van der Waals surface area (Å²) in [7, 11) is 1.91. The van der Waals surface area contributed by atoms with Gasteiger partial charge in [-0.05, 0) is 26.2 Å². The van der Waals surface area contributed by atoms with Gasteiger partial charge in [-0.2, -0.15) is 0 Å². The number of amides is 1. The normalized spacial score (nSPS) is 18.1. The molecule has 2 N–H and O–H groups in total. The Morgan fingerprint density at radius 3 is 2.41 bits per heavy atom. The van der Waals surface area contributed by atoms with Crippen molar-refractivity contribution < 1.29 is 4.79 Å². The lowest BCUT2D eigenvalue weighted by Crippen LogP contribution is -2.43. The van der Waals surface area contributed by atoms with E-state index in [-0.39, 0.29) is 5.91 Å². The number of hydrogen-bond acceptors (Lipinski definition) is 2. The van der Waals surface area contributed by atoms with Crippen LogP contribution in [0.3, 0.4) is 0 Å². The highest BCUT2D eigenvalue weighted by Gasteiger charge is 2.29. The summed E-state index contributed by atoms with van der Waals surface area (Å²) >= 11 is 0. The minimum Gasteiger partial charge on any atom is -0.345 e. The first-order valence-electron chi connectivity index (χ1n) is 6.93. The van der Waals surface area contributed by atoms with Crippen molar-refractivity contribution in [2.45, 2.75) is 52.4 Å². The summed E-state index contributed by atoms with van der Waals surface area (Å²) in [5.41, 5.74) is 5.22. The summed E-state index contributed by atoms with van der Waals surface area (Å²) in [5, 5.41) is 0. The Balaban J connectivity index is 2.33. The van der Waals surface area contributed by atoms with Crippen LogP contribution in [0.15, 0.2) is 0 Å². The molecule has 0 aromatic rings. The molecule has 0 heterocycles. The highest BCUT2D eigenvalue weighted by atomic mass is 16.2. The number of carbonyl (C=O) groups is 1. The van der Waals surface area contributed by atoms with Gasteiger partial charge in [0.25, 0.3) is 0 Å². The van der Waals surface area contributed by atoms with E-state index < -0.39 is 5.41 Å². The van der Waals surface area contributed by atoms with Crippen LogP contribution in [-0.4, -0.2) is 30.9 Å². The van der Waals surface area contributed by atoms with Crippen LogP contribution < -0.4 is 5.73 Å². The number of carbonyl (C=O) groups excluding carboxylic acids is 1. The zero-order chi connectivity index (χ0) is 12.9. The molecule has 0 spiro atoms. The number of nitrogens with zero attached hydrogens (tertiary/aromatic N) is 1. The van der Waals surface area contributed by atoms with Crippen LogP contribution in [-0.2, 0) is 4.79 Å². The molecule has 1 fully saturated rings. The molecule has 0 aliphatic heterocycles. The monoisotopic (exact) mass is 240 g/mol. The summed E-state index contributed by atoms with van der Waals surface area (Å²) < 4.78 is 0. The smallest absolute Gasteiger partial charge is 0.229 e. The van der Waals surface area contributed by atoms with Gasteiger partial charge in [0.1, 0.15) is 0 Å². The van der Waals surface area contributed by atoms with Crippen molar-refractivity contribution in [2.75, 3.05) is 20.1 Å². The van der Waals surface area contributed by atoms with Gasteiger partial charge in [0.15, 0.2) is 0 Å². The van der Waals surface area contributed by atoms with Crippen LogP contribution in [0.2, 0.25) is 0 Å². The molecular weight excluding hydrogens is 212 g/mol. The molecule has 0 unspecified atom stereocenters. The van der Waals surface area contributed by atoms with Crippen molar-refractivity contribution in [3.8, 4) is 0 Å². The molecule has 0 aromatic heterocycles. The second-order valence-electron chi connectivity index (χ2n) is 6.11. The molecule has 0 saturated heterocycles. The first kappa shape index (κ1) is 14.5. The Labute approximate surface area is 106 Å². The third kappa shape index (κ3) is 4.30. The average Bonchev–Trinajstić information content (AvgIpc) is 2.36. The molecule has 0 bridgehead atoms. The summed E-state index contributed by atoms with van der Waals surface area (Å²) in [6, 6.07) is 0. The summed E-state index contributed by atoms with van der Waals surface area (Å²) in [4.78, 5) is 14.0. The lowest BCUT2D eigenvalue weighted by Gasteiger charge is -2.30. The van der Waals surface area contributed by atoms with Gasteiger partial charge in [-0.15, -0.1) is 0 Å². The SMILES string of the molecule is CN(CCC1CCCCC1)C(=O)C(C)(C)CN. The van der Waals surface area contributed by atoms with Crippen LogP contribution in [0, 0.1) is 11.3 Å². The van der Waals surface area contributed by atoms with E-state index in [4.69, 9.17) is 5.73 Å². The van der Waals surface area contributed by atoms with E-state index in [1.807, 2.05) is 25.8 Å².